The normalized spacial score (nSPS) is 21.9. The van der Waals surface area contributed by atoms with Crippen molar-refractivity contribution in [2.75, 3.05) is 13.7 Å². The Bertz CT molecular complexity index is 644. The van der Waals surface area contributed by atoms with Gasteiger partial charge in [0.2, 0.25) is 0 Å². The van der Waals surface area contributed by atoms with Crippen molar-refractivity contribution < 1.29 is 14.6 Å². The van der Waals surface area contributed by atoms with E-state index in [9.17, 15) is 9.90 Å². The number of aromatic nitrogens is 1. The van der Waals surface area contributed by atoms with Gasteiger partial charge >= 0.3 is 5.97 Å². The van der Waals surface area contributed by atoms with E-state index in [2.05, 4.69) is 4.98 Å². The minimum absolute atomic E-state index is 0.295. The Balaban J connectivity index is 1.73. The molecule has 116 valence electrons. The van der Waals surface area contributed by atoms with Crippen LogP contribution in [0.5, 0.6) is 0 Å². The molecule has 2 heterocycles. The van der Waals surface area contributed by atoms with Crippen LogP contribution in [0.25, 0.3) is 10.4 Å². The van der Waals surface area contributed by atoms with Crippen molar-refractivity contribution in [3.05, 3.63) is 41.5 Å². The summed E-state index contributed by atoms with van der Waals surface area (Å²) in [7, 11) is 1.38. The van der Waals surface area contributed by atoms with E-state index in [0.717, 1.165) is 15.4 Å². The second-order valence-corrected chi connectivity index (χ2v) is 6.46. The number of rotatable bonds is 4. The number of aliphatic hydroxyl groups excluding tert-OH is 1. The fourth-order valence-electron chi connectivity index (χ4n) is 2.73. The van der Waals surface area contributed by atoms with Crippen LogP contribution in [0.2, 0.25) is 0 Å². The molecule has 0 radical (unpaired) electrons. The number of likely N-dealkylation sites (tertiary alicyclic amines) is 1. The highest BCUT2D eigenvalue weighted by atomic mass is 32.1. The number of methoxy groups -OCH3 is 1. The molecule has 1 N–H and O–H groups in total. The van der Waals surface area contributed by atoms with Gasteiger partial charge in [-0.3, -0.25) is 9.69 Å². The molecule has 1 aliphatic rings. The van der Waals surface area contributed by atoms with Crippen molar-refractivity contribution in [1.29, 1.82) is 0 Å². The molecule has 2 atom stereocenters. The molecule has 3 rings (SSSR count). The molecule has 1 aromatic heterocycles. The molecule has 6 heteroatoms. The van der Waals surface area contributed by atoms with E-state index in [1.807, 2.05) is 41.4 Å². The summed E-state index contributed by atoms with van der Waals surface area (Å²) in [5, 5.41) is 10.7. The highest BCUT2D eigenvalue weighted by Gasteiger charge is 2.37. The van der Waals surface area contributed by atoms with Crippen LogP contribution in [0, 0.1) is 0 Å². The number of carbonyl (C=O) groups excluding carboxylic acids is 1. The number of hydrogen-bond acceptors (Lipinski definition) is 6. The first kappa shape index (κ1) is 15.1. The van der Waals surface area contributed by atoms with Gasteiger partial charge in [-0.1, -0.05) is 30.3 Å². The number of thiazole rings is 1. The third-order valence-electron chi connectivity index (χ3n) is 3.80. The lowest BCUT2D eigenvalue weighted by Gasteiger charge is -2.20. The van der Waals surface area contributed by atoms with E-state index in [-0.39, 0.29) is 12.0 Å². The first-order valence-corrected chi connectivity index (χ1v) is 7.99. The van der Waals surface area contributed by atoms with Gasteiger partial charge in [-0.05, 0) is 5.56 Å². The average molecular weight is 318 g/mol. The molecule has 5 nitrogen and oxygen atoms in total. The molecule has 2 aromatic rings. The summed E-state index contributed by atoms with van der Waals surface area (Å²) >= 11 is 1.61. The van der Waals surface area contributed by atoms with Gasteiger partial charge in [0.1, 0.15) is 11.0 Å². The quantitative estimate of drug-likeness (QED) is 0.873. The Morgan fingerprint density at radius 3 is 2.95 bits per heavy atom. The molecule has 0 amide bonds. The summed E-state index contributed by atoms with van der Waals surface area (Å²) in [6.45, 7) is 1.02. The smallest absolute Gasteiger partial charge is 0.323 e. The second kappa shape index (κ2) is 6.56. The summed E-state index contributed by atoms with van der Waals surface area (Å²) < 4.78 is 4.82. The van der Waals surface area contributed by atoms with Crippen molar-refractivity contribution >= 4 is 17.3 Å². The van der Waals surface area contributed by atoms with Crippen LogP contribution in [-0.2, 0) is 16.1 Å². The number of hydrogen-bond donors (Lipinski definition) is 1. The van der Waals surface area contributed by atoms with Crippen molar-refractivity contribution in [2.24, 2.45) is 0 Å². The van der Waals surface area contributed by atoms with Gasteiger partial charge in [-0.2, -0.15) is 0 Å². The predicted molar refractivity (Wildman–Crippen MR) is 84.4 cm³/mol. The minimum atomic E-state index is -0.488. The average Bonchev–Trinajstić information content (AvgIpc) is 3.14. The lowest BCUT2D eigenvalue weighted by Crippen LogP contribution is -2.36. The molecular formula is C16H18N2O3S. The number of ether oxygens (including phenoxy) is 1. The van der Waals surface area contributed by atoms with Crippen molar-refractivity contribution in [3.8, 4) is 10.4 Å². The van der Waals surface area contributed by atoms with Gasteiger partial charge in [-0.25, -0.2) is 4.98 Å². The lowest BCUT2D eigenvalue weighted by atomic mass is 10.2. The molecule has 1 aromatic carbocycles. The SMILES string of the molecule is COC(=O)[C@@H]1C[C@@H](O)CN1Cc1ncc(-c2ccccc2)s1. The Morgan fingerprint density at radius 1 is 1.45 bits per heavy atom. The third-order valence-corrected chi connectivity index (χ3v) is 4.84. The number of nitrogens with zero attached hydrogens (tertiary/aromatic N) is 2. The molecule has 0 bridgehead atoms. The van der Waals surface area contributed by atoms with Crippen LogP contribution in [0.15, 0.2) is 36.5 Å². The maximum Gasteiger partial charge on any atom is 0.323 e. The lowest BCUT2D eigenvalue weighted by molar-refractivity contribution is -0.146. The summed E-state index contributed by atoms with van der Waals surface area (Å²) in [5.74, 6) is -0.295. The first-order chi connectivity index (χ1) is 10.7. The van der Waals surface area contributed by atoms with E-state index >= 15 is 0 Å². The monoisotopic (exact) mass is 318 g/mol. The Hall–Kier alpha value is -1.76. The Morgan fingerprint density at radius 2 is 2.23 bits per heavy atom. The second-order valence-electron chi connectivity index (χ2n) is 5.34. The largest absolute Gasteiger partial charge is 0.468 e. The molecule has 22 heavy (non-hydrogen) atoms. The third kappa shape index (κ3) is 3.19. The van der Waals surface area contributed by atoms with Crippen molar-refractivity contribution in [1.82, 2.24) is 9.88 Å². The summed E-state index contributed by atoms with van der Waals surface area (Å²) in [5.41, 5.74) is 1.14. The number of β-amino-alcohol motifs (C(OH)–C–C–N with tert-alkyl or cyclic N) is 1. The Labute approximate surface area is 133 Å². The predicted octanol–water partition coefficient (Wildman–Crippen LogP) is 1.92. The fourth-order valence-corrected chi connectivity index (χ4v) is 3.68. The first-order valence-electron chi connectivity index (χ1n) is 7.17. The van der Waals surface area contributed by atoms with E-state index in [0.29, 0.717) is 19.5 Å². The van der Waals surface area contributed by atoms with Crippen LogP contribution in [0.3, 0.4) is 0 Å². The molecule has 0 spiro atoms. The van der Waals surface area contributed by atoms with Crippen LogP contribution < -0.4 is 0 Å². The van der Waals surface area contributed by atoms with Gasteiger partial charge < -0.3 is 9.84 Å². The molecule has 0 unspecified atom stereocenters. The summed E-state index contributed by atoms with van der Waals surface area (Å²) in [6, 6.07) is 9.70. The molecular weight excluding hydrogens is 300 g/mol. The van der Waals surface area contributed by atoms with Gasteiger partial charge in [0, 0.05) is 19.2 Å². The molecule has 1 saturated heterocycles. The number of carbonyl (C=O) groups is 1. The van der Waals surface area contributed by atoms with Crippen LogP contribution >= 0.6 is 11.3 Å². The highest BCUT2D eigenvalue weighted by molar-refractivity contribution is 7.15. The fraction of sp³-hybridized carbons (Fsp3) is 0.375. The summed E-state index contributed by atoms with van der Waals surface area (Å²) in [6.07, 6.45) is 1.79. The number of benzene rings is 1. The van der Waals surface area contributed by atoms with Crippen LogP contribution in [-0.4, -0.2) is 46.8 Å². The molecule has 0 saturated carbocycles. The maximum atomic E-state index is 11.8. The molecule has 0 aliphatic carbocycles. The zero-order valence-electron chi connectivity index (χ0n) is 12.3. The van der Waals surface area contributed by atoms with Gasteiger partial charge in [0.25, 0.3) is 0 Å². The zero-order chi connectivity index (χ0) is 15.5. The zero-order valence-corrected chi connectivity index (χ0v) is 13.1. The van der Waals surface area contributed by atoms with Gasteiger partial charge in [0.05, 0.1) is 24.6 Å². The highest BCUT2D eigenvalue weighted by Crippen LogP contribution is 2.28. The minimum Gasteiger partial charge on any atom is -0.468 e. The van der Waals surface area contributed by atoms with Gasteiger partial charge in [0.15, 0.2) is 0 Å². The van der Waals surface area contributed by atoms with Crippen LogP contribution in [0.1, 0.15) is 11.4 Å². The van der Waals surface area contributed by atoms with E-state index in [1.165, 1.54) is 7.11 Å². The molecule has 1 aliphatic heterocycles. The van der Waals surface area contributed by atoms with Gasteiger partial charge in [-0.15, -0.1) is 11.3 Å². The van der Waals surface area contributed by atoms with Crippen molar-refractivity contribution in [2.45, 2.75) is 25.1 Å². The standard InChI is InChI=1S/C16H18N2O3S/c1-21-16(20)13-7-12(19)9-18(13)10-15-17-8-14(22-15)11-5-3-2-4-6-11/h2-6,8,12-13,19H,7,9-10H2,1H3/t12-,13+/m1/s1. The molecule has 1 fully saturated rings. The van der Waals surface area contributed by atoms with E-state index in [1.54, 1.807) is 11.3 Å². The van der Waals surface area contributed by atoms with Crippen LogP contribution in [0.4, 0.5) is 0 Å². The summed E-state index contributed by atoms with van der Waals surface area (Å²) in [4.78, 5) is 19.3. The van der Waals surface area contributed by atoms with Crippen molar-refractivity contribution in [3.63, 3.8) is 0 Å². The van der Waals surface area contributed by atoms with E-state index < -0.39 is 6.10 Å². The Kier molecular flexibility index (Phi) is 4.52. The topological polar surface area (TPSA) is 62.7 Å². The number of aliphatic hydroxyl groups is 1. The maximum absolute atomic E-state index is 11.8. The number of esters is 1. The van der Waals surface area contributed by atoms with E-state index in [4.69, 9.17) is 4.74 Å².